The molecule has 0 bridgehead atoms. The molecule has 4 aromatic carbocycles. The number of phenols is 3. The van der Waals surface area contributed by atoms with Crippen LogP contribution in [0.4, 0.5) is 0 Å². The number of hydrogen-bond acceptors (Lipinski definition) is 5. The van der Waals surface area contributed by atoms with Gasteiger partial charge < -0.3 is 15.3 Å². The number of phenolic OH excluding ortho intramolecular Hbond substituents is 3. The molecule has 0 saturated heterocycles. The highest BCUT2D eigenvalue weighted by Gasteiger charge is 2.42. The van der Waals surface area contributed by atoms with E-state index in [4.69, 9.17) is 5.11 Å². The second-order valence-electron chi connectivity index (χ2n) is 8.49. The van der Waals surface area contributed by atoms with Crippen LogP contribution in [0.1, 0.15) is 22.3 Å². The van der Waals surface area contributed by atoms with Crippen molar-refractivity contribution in [3.8, 4) is 17.2 Å². The summed E-state index contributed by atoms with van der Waals surface area (Å²) in [5.41, 5.74) is 4.76. The Kier molecular flexibility index (Phi) is 5.60. The predicted octanol–water partition coefficient (Wildman–Crippen LogP) is 6.36. The van der Waals surface area contributed by atoms with Crippen LogP contribution in [0.5, 0.6) is 17.2 Å². The molecular weight excluding hydrogens is 424 g/mol. The first-order valence-electron chi connectivity index (χ1n) is 11.1. The van der Waals surface area contributed by atoms with Crippen LogP contribution < -0.4 is 0 Å². The minimum atomic E-state index is -0.829. The third-order valence-electron chi connectivity index (χ3n) is 6.19. The monoisotopic (exact) mass is 448 g/mol. The second-order valence-corrected chi connectivity index (χ2v) is 8.49. The summed E-state index contributed by atoms with van der Waals surface area (Å²) in [7, 11) is 0. The first kappa shape index (κ1) is 21.5. The van der Waals surface area contributed by atoms with E-state index in [1.165, 1.54) is 0 Å². The zero-order valence-electron chi connectivity index (χ0n) is 18.5. The Labute approximate surface area is 198 Å². The molecule has 1 heterocycles. The zero-order chi connectivity index (χ0) is 23.5. The Balaban J connectivity index is 1.72. The molecule has 0 amide bonds. The molecule has 34 heavy (non-hydrogen) atoms. The van der Waals surface area contributed by atoms with Gasteiger partial charge >= 0.3 is 0 Å². The Morgan fingerprint density at radius 2 is 1.26 bits per heavy atom. The van der Waals surface area contributed by atoms with Crippen LogP contribution in [0, 0.1) is 0 Å². The Bertz CT molecular complexity index is 1360. The summed E-state index contributed by atoms with van der Waals surface area (Å²) in [5, 5.41) is 39.4. The summed E-state index contributed by atoms with van der Waals surface area (Å²) in [6, 6.07) is 31.4. The molecule has 5 nitrogen and oxygen atoms in total. The molecule has 1 atom stereocenters. The Morgan fingerprint density at radius 1 is 0.618 bits per heavy atom. The van der Waals surface area contributed by atoms with Crippen LogP contribution in [-0.2, 0) is 18.4 Å². The molecular formula is C29H24N2O3. The Morgan fingerprint density at radius 3 is 1.94 bits per heavy atom. The zero-order valence-corrected chi connectivity index (χ0v) is 18.5. The van der Waals surface area contributed by atoms with Crippen molar-refractivity contribution in [3.63, 3.8) is 0 Å². The number of nitrogens with zero attached hydrogens (tertiary/aromatic N) is 2. The third kappa shape index (κ3) is 4.16. The lowest BCUT2D eigenvalue weighted by Gasteiger charge is -2.30. The van der Waals surface area contributed by atoms with E-state index >= 15 is 0 Å². The van der Waals surface area contributed by atoms with E-state index in [2.05, 4.69) is 17.2 Å². The minimum absolute atomic E-state index is 0.179. The molecule has 1 aliphatic rings. The summed E-state index contributed by atoms with van der Waals surface area (Å²) >= 11 is 0. The van der Waals surface area contributed by atoms with E-state index < -0.39 is 5.54 Å². The van der Waals surface area contributed by atoms with Crippen molar-refractivity contribution in [2.24, 2.45) is 10.2 Å². The SMILES string of the molecule is Oc1ccc(C2=C(Cc3ccccc3)C(Cc3cccc(O)c3)(c3ccc(O)cc3)N=N2)cc1. The van der Waals surface area contributed by atoms with Crippen LogP contribution in [0.15, 0.2) is 119 Å². The van der Waals surface area contributed by atoms with Gasteiger partial charge in [0.25, 0.3) is 0 Å². The fourth-order valence-corrected chi connectivity index (χ4v) is 4.51. The third-order valence-corrected chi connectivity index (χ3v) is 6.19. The highest BCUT2D eigenvalue weighted by molar-refractivity contribution is 5.73. The number of benzene rings is 4. The molecule has 3 N–H and O–H groups in total. The molecule has 0 aliphatic carbocycles. The summed E-state index contributed by atoms with van der Waals surface area (Å²) in [5.74, 6) is 0.563. The molecule has 1 unspecified atom stereocenters. The molecule has 1 aliphatic heterocycles. The smallest absolute Gasteiger partial charge is 0.135 e. The van der Waals surface area contributed by atoms with Crippen molar-refractivity contribution in [2.45, 2.75) is 18.4 Å². The van der Waals surface area contributed by atoms with E-state index in [9.17, 15) is 15.3 Å². The van der Waals surface area contributed by atoms with E-state index in [0.29, 0.717) is 12.8 Å². The molecule has 0 fully saturated rings. The minimum Gasteiger partial charge on any atom is -0.508 e. The van der Waals surface area contributed by atoms with Crippen LogP contribution in [0.3, 0.4) is 0 Å². The summed E-state index contributed by atoms with van der Waals surface area (Å²) in [4.78, 5) is 0. The normalized spacial score (nSPS) is 17.3. The lowest BCUT2D eigenvalue weighted by Crippen LogP contribution is -2.29. The largest absolute Gasteiger partial charge is 0.508 e. The first-order valence-corrected chi connectivity index (χ1v) is 11.1. The number of aromatic hydroxyl groups is 3. The van der Waals surface area contributed by atoms with Crippen molar-refractivity contribution in [2.75, 3.05) is 0 Å². The van der Waals surface area contributed by atoms with Gasteiger partial charge in [0.05, 0.1) is 5.70 Å². The maximum absolute atomic E-state index is 10.1. The second kappa shape index (κ2) is 8.87. The number of azo groups is 1. The molecule has 168 valence electrons. The van der Waals surface area contributed by atoms with Crippen LogP contribution in [0.2, 0.25) is 0 Å². The maximum atomic E-state index is 10.1. The molecule has 0 aromatic heterocycles. The van der Waals surface area contributed by atoms with E-state index in [1.807, 2.05) is 54.6 Å². The van der Waals surface area contributed by atoms with Gasteiger partial charge in [0.2, 0.25) is 0 Å². The van der Waals surface area contributed by atoms with E-state index in [-0.39, 0.29) is 17.2 Å². The summed E-state index contributed by atoms with van der Waals surface area (Å²) < 4.78 is 0. The molecule has 0 saturated carbocycles. The van der Waals surface area contributed by atoms with Crippen LogP contribution in [0.25, 0.3) is 5.70 Å². The highest BCUT2D eigenvalue weighted by atomic mass is 16.3. The average molecular weight is 449 g/mol. The van der Waals surface area contributed by atoms with Crippen LogP contribution in [-0.4, -0.2) is 15.3 Å². The number of rotatable bonds is 6. The van der Waals surface area contributed by atoms with Gasteiger partial charge in [-0.1, -0.05) is 54.6 Å². The fourth-order valence-electron chi connectivity index (χ4n) is 4.51. The topological polar surface area (TPSA) is 85.4 Å². The van der Waals surface area contributed by atoms with Gasteiger partial charge in [-0.15, -0.1) is 0 Å². The molecule has 5 heteroatoms. The van der Waals surface area contributed by atoms with Crippen molar-refractivity contribution < 1.29 is 15.3 Å². The van der Waals surface area contributed by atoms with E-state index in [0.717, 1.165) is 33.5 Å². The number of hydrogen-bond donors (Lipinski definition) is 3. The van der Waals surface area contributed by atoms with Crippen molar-refractivity contribution in [1.29, 1.82) is 0 Å². The average Bonchev–Trinajstić information content (AvgIpc) is 3.19. The standard InChI is InChI=1S/C29H24N2O3/c32-24-13-9-22(10-14-24)28-27(18-20-5-2-1-3-6-20)29(31-30-28,23-11-15-25(33)16-12-23)19-21-7-4-8-26(34)17-21/h1-17,32-34H,18-19H2. The fraction of sp³-hybridized carbons (Fsp3) is 0.103. The molecule has 5 rings (SSSR count). The van der Waals surface area contributed by atoms with E-state index in [1.54, 1.807) is 36.4 Å². The lowest BCUT2D eigenvalue weighted by atomic mass is 9.75. The summed E-state index contributed by atoms with van der Waals surface area (Å²) in [6.07, 6.45) is 1.10. The van der Waals surface area contributed by atoms with Gasteiger partial charge in [-0.25, -0.2) is 0 Å². The Hall–Kier alpha value is -4.38. The van der Waals surface area contributed by atoms with Gasteiger partial charge in [-0.3, -0.25) is 0 Å². The lowest BCUT2D eigenvalue weighted by molar-refractivity contribution is 0.468. The quantitative estimate of drug-likeness (QED) is 0.321. The van der Waals surface area contributed by atoms with Gasteiger partial charge in [-0.05, 0) is 77.2 Å². The maximum Gasteiger partial charge on any atom is 0.135 e. The van der Waals surface area contributed by atoms with Crippen LogP contribution >= 0.6 is 0 Å². The molecule has 0 spiro atoms. The summed E-state index contributed by atoms with van der Waals surface area (Å²) in [6.45, 7) is 0. The molecule has 4 aromatic rings. The first-order chi connectivity index (χ1) is 16.5. The van der Waals surface area contributed by atoms with Crippen molar-refractivity contribution in [1.82, 2.24) is 0 Å². The van der Waals surface area contributed by atoms with Gasteiger partial charge in [0.15, 0.2) is 0 Å². The van der Waals surface area contributed by atoms with Gasteiger partial charge in [0, 0.05) is 12.0 Å². The van der Waals surface area contributed by atoms with Crippen molar-refractivity contribution in [3.05, 3.63) is 131 Å². The van der Waals surface area contributed by atoms with Crippen molar-refractivity contribution >= 4 is 5.70 Å². The van der Waals surface area contributed by atoms with Gasteiger partial charge in [0.1, 0.15) is 22.8 Å². The highest BCUT2D eigenvalue weighted by Crippen LogP contribution is 2.48. The predicted molar refractivity (Wildman–Crippen MR) is 132 cm³/mol. The van der Waals surface area contributed by atoms with Gasteiger partial charge in [-0.2, -0.15) is 10.2 Å². The molecule has 0 radical (unpaired) electrons.